The van der Waals surface area contributed by atoms with Crippen molar-refractivity contribution in [3.8, 4) is 0 Å². The van der Waals surface area contributed by atoms with E-state index in [4.69, 9.17) is 37.6 Å². The Morgan fingerprint density at radius 3 is 1.14 bits per heavy atom. The molecule has 10 nitrogen and oxygen atoms in total. The van der Waals surface area contributed by atoms with Gasteiger partial charge in [0.2, 0.25) is 0 Å². The Labute approximate surface area is 182 Å². The molecule has 0 bridgehead atoms. The van der Waals surface area contributed by atoms with E-state index in [0.717, 1.165) is 18.6 Å². The molecule has 0 heterocycles. The largest absolute Gasteiger partial charge is 0.480 e. The lowest BCUT2D eigenvalue weighted by Crippen LogP contribution is -2.31. The Kier molecular flexibility index (Phi) is 30.5. The monoisotopic (exact) mass is 461 g/mol. The second-order valence-corrected chi connectivity index (χ2v) is 8.00. The second kappa shape index (κ2) is 25.0. The maximum absolute atomic E-state index is 10.1. The summed E-state index contributed by atoms with van der Waals surface area (Å²) in [4.78, 5) is 30.3. The van der Waals surface area contributed by atoms with Crippen LogP contribution in [0, 0.1) is 5.92 Å². The standard InChI is InChI=1S/C6H13NO2.2C5H11NO2S.CH4O/c1-4(2)3-5(7)6(8)9;2*1-9-3-2-4(6)5(7)8;1-2/h4-5H,3,7H2,1-2H3,(H,8,9);2*4H,2-3,6H2,1H3,(H,7,8);2H,1H3. The minimum Gasteiger partial charge on any atom is -0.480 e. The summed E-state index contributed by atoms with van der Waals surface area (Å²) in [6.45, 7) is 3.89. The van der Waals surface area contributed by atoms with Crippen molar-refractivity contribution in [3.05, 3.63) is 0 Å². The minimum absolute atomic E-state index is 0.357. The quantitative estimate of drug-likeness (QED) is 0.222. The number of hydrogen-bond donors (Lipinski definition) is 7. The van der Waals surface area contributed by atoms with Crippen molar-refractivity contribution < 1.29 is 34.8 Å². The number of aliphatic carboxylic acids is 3. The number of aliphatic hydroxyl groups excluding tert-OH is 1. The Hall–Kier alpha value is -1.05. The van der Waals surface area contributed by atoms with Crippen molar-refractivity contribution in [2.24, 2.45) is 23.1 Å². The molecule has 3 unspecified atom stereocenters. The van der Waals surface area contributed by atoms with Crippen molar-refractivity contribution in [1.82, 2.24) is 0 Å². The molecule has 0 aliphatic heterocycles. The molecular formula is C17H39N3O7S2. The van der Waals surface area contributed by atoms with Crippen LogP contribution in [0.4, 0.5) is 0 Å². The zero-order valence-corrected chi connectivity index (χ0v) is 19.5. The number of aliphatic hydroxyl groups is 1. The lowest BCUT2D eigenvalue weighted by atomic mass is 10.1. The van der Waals surface area contributed by atoms with Crippen molar-refractivity contribution in [1.29, 1.82) is 0 Å². The molecule has 0 rings (SSSR count). The average molecular weight is 462 g/mol. The fourth-order valence-corrected chi connectivity index (χ4v) is 2.32. The molecule has 29 heavy (non-hydrogen) atoms. The van der Waals surface area contributed by atoms with Crippen LogP contribution in [-0.2, 0) is 14.4 Å². The summed E-state index contributed by atoms with van der Waals surface area (Å²) in [5.74, 6) is -0.756. The third-order valence-electron chi connectivity index (χ3n) is 2.94. The van der Waals surface area contributed by atoms with E-state index < -0.39 is 36.0 Å². The summed E-state index contributed by atoms with van der Waals surface area (Å²) >= 11 is 3.21. The zero-order valence-electron chi connectivity index (χ0n) is 17.9. The lowest BCUT2D eigenvalue weighted by Gasteiger charge is -2.07. The topological polar surface area (TPSA) is 210 Å². The maximum Gasteiger partial charge on any atom is 0.320 e. The van der Waals surface area contributed by atoms with E-state index in [-0.39, 0.29) is 0 Å². The van der Waals surface area contributed by atoms with Gasteiger partial charge in [-0.05, 0) is 49.2 Å². The van der Waals surface area contributed by atoms with Gasteiger partial charge in [0.15, 0.2) is 0 Å². The number of nitrogens with two attached hydrogens (primary N) is 3. The van der Waals surface area contributed by atoms with Gasteiger partial charge in [-0.1, -0.05) is 13.8 Å². The second-order valence-electron chi connectivity index (χ2n) is 6.03. The Balaban J connectivity index is -0.000000155. The Morgan fingerprint density at radius 2 is 1.00 bits per heavy atom. The van der Waals surface area contributed by atoms with Gasteiger partial charge in [0.1, 0.15) is 18.1 Å². The van der Waals surface area contributed by atoms with Gasteiger partial charge in [-0.2, -0.15) is 23.5 Å². The van der Waals surface area contributed by atoms with E-state index in [1.54, 1.807) is 23.5 Å². The van der Waals surface area contributed by atoms with Gasteiger partial charge in [-0.15, -0.1) is 0 Å². The molecule has 0 saturated carbocycles. The number of carboxylic acid groups (broad SMARTS) is 3. The van der Waals surface area contributed by atoms with Crippen LogP contribution < -0.4 is 17.2 Å². The van der Waals surface area contributed by atoms with Gasteiger partial charge in [-0.3, -0.25) is 14.4 Å². The van der Waals surface area contributed by atoms with Crippen LogP contribution in [0.3, 0.4) is 0 Å². The molecule has 3 atom stereocenters. The van der Waals surface area contributed by atoms with E-state index in [9.17, 15) is 14.4 Å². The molecule has 0 aliphatic rings. The number of rotatable bonds is 11. The summed E-state index contributed by atoms with van der Waals surface area (Å²) in [6, 6.07) is -2.06. The summed E-state index contributed by atoms with van der Waals surface area (Å²) in [7, 11) is 1.00. The first-order valence-corrected chi connectivity index (χ1v) is 11.6. The molecule has 0 aliphatic carbocycles. The van der Waals surface area contributed by atoms with Gasteiger partial charge in [0.25, 0.3) is 0 Å². The van der Waals surface area contributed by atoms with E-state index in [1.165, 1.54) is 0 Å². The predicted molar refractivity (Wildman–Crippen MR) is 120 cm³/mol. The fraction of sp³-hybridized carbons (Fsp3) is 0.824. The highest BCUT2D eigenvalue weighted by Gasteiger charge is 2.12. The highest BCUT2D eigenvalue weighted by Crippen LogP contribution is 2.01. The number of thioether (sulfide) groups is 2. The molecule has 0 aromatic heterocycles. The van der Waals surface area contributed by atoms with E-state index in [2.05, 4.69) is 0 Å². The fourth-order valence-electron chi connectivity index (χ4n) is 1.35. The molecule has 0 fully saturated rings. The van der Waals surface area contributed by atoms with Gasteiger partial charge < -0.3 is 37.6 Å². The van der Waals surface area contributed by atoms with Gasteiger partial charge >= 0.3 is 17.9 Å². The van der Waals surface area contributed by atoms with Crippen LogP contribution in [0.25, 0.3) is 0 Å². The molecule has 0 amide bonds. The first-order valence-electron chi connectivity index (χ1n) is 8.78. The third kappa shape index (κ3) is 31.9. The SMILES string of the molecule is CC(C)CC(N)C(=O)O.CO.CSCCC(N)C(=O)O.CSCCC(N)C(=O)O. The summed E-state index contributed by atoms with van der Waals surface area (Å²) in [5, 5.41) is 31.9. The van der Waals surface area contributed by atoms with Gasteiger partial charge in [-0.25, -0.2) is 0 Å². The van der Waals surface area contributed by atoms with Crippen LogP contribution in [0.2, 0.25) is 0 Å². The summed E-state index contributed by atoms with van der Waals surface area (Å²) in [5.41, 5.74) is 15.6. The zero-order chi connectivity index (χ0) is 24.0. The Bertz CT molecular complexity index is 392. The van der Waals surface area contributed by atoms with Crippen LogP contribution in [-0.4, -0.2) is 87.6 Å². The molecule has 0 aromatic carbocycles. The number of carboxylic acids is 3. The van der Waals surface area contributed by atoms with Crippen molar-refractivity contribution >= 4 is 41.4 Å². The Morgan fingerprint density at radius 1 is 0.724 bits per heavy atom. The van der Waals surface area contributed by atoms with Gasteiger partial charge in [0, 0.05) is 7.11 Å². The molecule has 10 N–H and O–H groups in total. The van der Waals surface area contributed by atoms with Crippen LogP contribution >= 0.6 is 23.5 Å². The molecule has 12 heteroatoms. The van der Waals surface area contributed by atoms with E-state index in [0.29, 0.717) is 25.2 Å². The first-order chi connectivity index (χ1) is 13.4. The lowest BCUT2D eigenvalue weighted by molar-refractivity contribution is -0.139. The van der Waals surface area contributed by atoms with Crippen molar-refractivity contribution in [3.63, 3.8) is 0 Å². The molecular weight excluding hydrogens is 422 g/mol. The minimum atomic E-state index is -0.913. The van der Waals surface area contributed by atoms with Crippen molar-refractivity contribution in [2.45, 2.75) is 51.2 Å². The molecule has 0 radical (unpaired) electrons. The highest BCUT2D eigenvalue weighted by molar-refractivity contribution is 7.98. The first kappa shape index (κ1) is 35.4. The third-order valence-corrected chi connectivity index (χ3v) is 4.23. The summed E-state index contributed by atoms with van der Waals surface area (Å²) in [6.07, 6.45) is 5.51. The molecule has 0 aromatic rings. The highest BCUT2D eigenvalue weighted by atomic mass is 32.2. The molecule has 0 spiro atoms. The van der Waals surface area contributed by atoms with Crippen LogP contribution in [0.1, 0.15) is 33.1 Å². The van der Waals surface area contributed by atoms with Crippen molar-refractivity contribution in [2.75, 3.05) is 31.1 Å². The van der Waals surface area contributed by atoms with Crippen LogP contribution in [0.15, 0.2) is 0 Å². The number of hydrogen-bond acceptors (Lipinski definition) is 9. The smallest absolute Gasteiger partial charge is 0.320 e. The van der Waals surface area contributed by atoms with Gasteiger partial charge in [0.05, 0.1) is 0 Å². The summed E-state index contributed by atoms with van der Waals surface area (Å²) < 4.78 is 0. The molecule has 0 saturated heterocycles. The van der Waals surface area contributed by atoms with Crippen LogP contribution in [0.5, 0.6) is 0 Å². The number of carbonyl (C=O) groups is 3. The molecule has 176 valence electrons. The maximum atomic E-state index is 10.1. The van der Waals surface area contributed by atoms with E-state index in [1.807, 2.05) is 26.4 Å². The predicted octanol–water partition coefficient (Wildman–Crippen LogP) is 0.356. The average Bonchev–Trinajstić information content (AvgIpc) is 2.65. The van der Waals surface area contributed by atoms with E-state index >= 15 is 0 Å². The normalized spacial score (nSPS) is 12.6.